The van der Waals surface area contributed by atoms with Gasteiger partial charge in [0.2, 0.25) is 0 Å². The van der Waals surface area contributed by atoms with Crippen molar-refractivity contribution >= 4 is 5.78 Å². The second kappa shape index (κ2) is 7.69. The van der Waals surface area contributed by atoms with E-state index in [0.717, 1.165) is 24.0 Å². The number of carbonyl (C=O) groups is 1. The number of halogens is 1. The van der Waals surface area contributed by atoms with Gasteiger partial charge in [-0.25, -0.2) is 0 Å². The molecule has 3 rings (SSSR count). The lowest BCUT2D eigenvalue weighted by Gasteiger charge is -2.25. The monoisotopic (exact) mass is 443 g/mol. The first kappa shape index (κ1) is 18.1. The van der Waals surface area contributed by atoms with Gasteiger partial charge in [0.05, 0.1) is 5.57 Å². The molecule has 2 heteroatoms. The van der Waals surface area contributed by atoms with E-state index in [9.17, 15) is 4.79 Å². The van der Waals surface area contributed by atoms with E-state index in [1.807, 2.05) is 30.3 Å². The van der Waals surface area contributed by atoms with Crippen LogP contribution >= 0.6 is 0 Å². The SMILES string of the molecule is CC(C)(C)C1=CCC(C(=O)c2ccccc2)=C([I+]c2ccccc2)C1. The maximum absolute atomic E-state index is 13.1. The third-order valence-electron chi connectivity index (χ3n) is 4.46. The molecule has 2 aromatic carbocycles. The molecule has 0 N–H and O–H groups in total. The molecule has 0 atom stereocenters. The molecular formula is C23H24IO+. The van der Waals surface area contributed by atoms with E-state index in [-0.39, 0.29) is 32.4 Å². The second-order valence-electron chi connectivity index (χ2n) is 7.33. The summed E-state index contributed by atoms with van der Waals surface area (Å²) in [6.45, 7) is 6.80. The summed E-state index contributed by atoms with van der Waals surface area (Å²) in [5.74, 6) is 0.204. The van der Waals surface area contributed by atoms with Gasteiger partial charge < -0.3 is 0 Å². The van der Waals surface area contributed by atoms with Crippen LogP contribution in [0.25, 0.3) is 0 Å². The minimum atomic E-state index is -0.318. The van der Waals surface area contributed by atoms with Crippen molar-refractivity contribution in [1.29, 1.82) is 0 Å². The van der Waals surface area contributed by atoms with Gasteiger partial charge in [0, 0.05) is 12.0 Å². The largest absolute Gasteiger partial charge is 0.353 e. The molecule has 0 amide bonds. The summed E-state index contributed by atoms with van der Waals surface area (Å²) in [5, 5.41) is 0. The fourth-order valence-electron chi connectivity index (χ4n) is 2.93. The van der Waals surface area contributed by atoms with Gasteiger partial charge in [-0.05, 0) is 24.0 Å². The Kier molecular flexibility index (Phi) is 5.57. The molecule has 25 heavy (non-hydrogen) atoms. The number of hydrogen-bond acceptors (Lipinski definition) is 1. The molecule has 0 aliphatic heterocycles. The van der Waals surface area contributed by atoms with Crippen molar-refractivity contribution in [2.24, 2.45) is 5.41 Å². The van der Waals surface area contributed by atoms with Gasteiger partial charge in [0.25, 0.3) is 0 Å². The summed E-state index contributed by atoms with van der Waals surface area (Å²) in [5.41, 5.74) is 3.45. The van der Waals surface area contributed by atoms with Crippen molar-refractivity contribution in [2.75, 3.05) is 0 Å². The average molecular weight is 443 g/mol. The Morgan fingerprint density at radius 2 is 1.52 bits per heavy atom. The van der Waals surface area contributed by atoms with E-state index in [0.29, 0.717) is 0 Å². The molecule has 2 aromatic rings. The minimum absolute atomic E-state index is 0.160. The zero-order valence-electron chi connectivity index (χ0n) is 15.1. The van der Waals surface area contributed by atoms with Gasteiger partial charge in [0.1, 0.15) is 0 Å². The smallest absolute Gasteiger partial charge is 0.289 e. The molecule has 1 nitrogen and oxygen atoms in total. The summed E-state index contributed by atoms with van der Waals surface area (Å²) in [6.07, 6.45) is 4.00. The highest BCUT2D eigenvalue weighted by Crippen LogP contribution is 2.34. The molecule has 0 heterocycles. The van der Waals surface area contributed by atoms with Crippen LogP contribution in [-0.4, -0.2) is 5.78 Å². The van der Waals surface area contributed by atoms with E-state index >= 15 is 0 Å². The van der Waals surface area contributed by atoms with Gasteiger partial charge in [-0.15, -0.1) is 0 Å². The van der Waals surface area contributed by atoms with E-state index in [1.165, 1.54) is 12.7 Å². The summed E-state index contributed by atoms with van der Waals surface area (Å²) >= 11 is -0.318. The number of benzene rings is 2. The lowest BCUT2D eigenvalue weighted by atomic mass is 9.80. The molecule has 1 aliphatic rings. The van der Waals surface area contributed by atoms with Crippen LogP contribution < -0.4 is 21.2 Å². The Morgan fingerprint density at radius 1 is 0.920 bits per heavy atom. The fraction of sp³-hybridized carbons (Fsp3) is 0.261. The Balaban J connectivity index is 1.96. The van der Waals surface area contributed by atoms with E-state index in [4.69, 9.17) is 0 Å². The third-order valence-corrected chi connectivity index (χ3v) is 7.48. The quantitative estimate of drug-likeness (QED) is 0.404. The number of carbonyl (C=O) groups excluding carboxylic acids is 1. The lowest BCUT2D eigenvalue weighted by molar-refractivity contribution is -0.579. The molecular weight excluding hydrogens is 419 g/mol. The predicted molar refractivity (Wildman–Crippen MR) is 99.7 cm³/mol. The Morgan fingerprint density at radius 3 is 2.12 bits per heavy atom. The highest BCUT2D eigenvalue weighted by molar-refractivity contribution is 6.09. The normalized spacial score (nSPS) is 15.1. The highest BCUT2D eigenvalue weighted by atomic mass is 127. The molecule has 128 valence electrons. The van der Waals surface area contributed by atoms with Crippen molar-refractivity contribution in [3.63, 3.8) is 0 Å². The Labute approximate surface area is 161 Å². The number of ketones is 1. The van der Waals surface area contributed by atoms with Gasteiger partial charge >= 0.3 is 21.2 Å². The Hall–Kier alpha value is -1.68. The number of rotatable bonds is 4. The lowest BCUT2D eigenvalue weighted by Crippen LogP contribution is -3.61. The summed E-state index contributed by atoms with van der Waals surface area (Å²) in [4.78, 5) is 13.1. The standard InChI is InChI=1S/C23H24IO/c1-23(2,3)18-14-15-20(22(25)17-10-6-4-7-11-17)21(16-18)24-19-12-8-5-9-13-19/h4-14H,15-16H2,1-3H3/q+1. The van der Waals surface area contributed by atoms with E-state index < -0.39 is 0 Å². The van der Waals surface area contributed by atoms with Crippen LogP contribution in [0.4, 0.5) is 0 Å². The minimum Gasteiger partial charge on any atom is -0.289 e. The predicted octanol–water partition coefficient (Wildman–Crippen LogP) is 2.85. The molecule has 0 radical (unpaired) electrons. The van der Waals surface area contributed by atoms with Crippen molar-refractivity contribution in [3.8, 4) is 0 Å². The van der Waals surface area contributed by atoms with E-state index in [1.54, 1.807) is 0 Å². The Bertz CT molecular complexity index is 808. The zero-order valence-corrected chi connectivity index (χ0v) is 17.2. The first-order chi connectivity index (χ1) is 11.9. The molecule has 0 fully saturated rings. The summed E-state index contributed by atoms with van der Waals surface area (Å²) in [6, 6.07) is 20.3. The molecule has 0 spiro atoms. The molecule has 1 aliphatic carbocycles. The number of hydrogen-bond donors (Lipinski definition) is 0. The van der Waals surface area contributed by atoms with Crippen molar-refractivity contribution in [2.45, 2.75) is 33.6 Å². The van der Waals surface area contributed by atoms with Crippen LogP contribution in [0.5, 0.6) is 0 Å². The van der Waals surface area contributed by atoms with Gasteiger partial charge in [0.15, 0.2) is 12.9 Å². The first-order valence-electron chi connectivity index (χ1n) is 8.66. The molecule has 0 saturated carbocycles. The van der Waals surface area contributed by atoms with Crippen molar-refractivity contribution in [1.82, 2.24) is 0 Å². The highest BCUT2D eigenvalue weighted by Gasteiger charge is 2.33. The molecule has 0 saturated heterocycles. The van der Waals surface area contributed by atoms with Crippen LogP contribution in [0.2, 0.25) is 0 Å². The first-order valence-corrected chi connectivity index (χ1v) is 10.8. The molecule has 0 unspecified atom stereocenters. The van der Waals surface area contributed by atoms with Crippen molar-refractivity contribution < 1.29 is 26.0 Å². The van der Waals surface area contributed by atoms with Gasteiger partial charge in [-0.1, -0.05) is 81.0 Å². The topological polar surface area (TPSA) is 17.1 Å². The zero-order chi connectivity index (χ0) is 17.9. The fourth-order valence-corrected chi connectivity index (χ4v) is 5.85. The third kappa shape index (κ3) is 4.49. The van der Waals surface area contributed by atoms with E-state index in [2.05, 4.69) is 57.2 Å². The number of allylic oxidation sites excluding steroid dienone is 4. The summed E-state index contributed by atoms with van der Waals surface area (Å²) in [7, 11) is 0. The van der Waals surface area contributed by atoms with Gasteiger partial charge in [-0.2, -0.15) is 0 Å². The van der Waals surface area contributed by atoms with Crippen LogP contribution in [0.15, 0.2) is 81.5 Å². The van der Waals surface area contributed by atoms with Gasteiger partial charge in [-0.3, -0.25) is 4.79 Å². The van der Waals surface area contributed by atoms with Crippen LogP contribution in [0.3, 0.4) is 0 Å². The van der Waals surface area contributed by atoms with Crippen LogP contribution in [0.1, 0.15) is 44.0 Å². The maximum atomic E-state index is 13.1. The molecule has 0 aromatic heterocycles. The number of Topliss-reactive ketones (excluding diaryl/α,β-unsaturated/α-hetero) is 1. The second-order valence-corrected chi connectivity index (χ2v) is 10.4. The maximum Gasteiger partial charge on any atom is 0.353 e. The van der Waals surface area contributed by atoms with Crippen LogP contribution in [0, 0.1) is 8.99 Å². The summed E-state index contributed by atoms with van der Waals surface area (Å²) < 4.78 is 2.76. The van der Waals surface area contributed by atoms with Crippen LogP contribution in [-0.2, 0) is 0 Å². The van der Waals surface area contributed by atoms with Crippen molar-refractivity contribution in [3.05, 3.63) is 90.6 Å². The molecule has 0 bridgehead atoms. The average Bonchev–Trinajstić information content (AvgIpc) is 2.62.